The number of Topliss-reactive ketones (excluding diaryl/α,β-unsaturated/α-hetero) is 1. The summed E-state index contributed by atoms with van der Waals surface area (Å²) in [5.74, 6) is 0.106. The van der Waals surface area contributed by atoms with Gasteiger partial charge in [-0.05, 0) is 124 Å². The van der Waals surface area contributed by atoms with Crippen molar-refractivity contribution in [1.29, 1.82) is 0 Å². The van der Waals surface area contributed by atoms with E-state index in [1.165, 1.54) is 55.7 Å². The summed E-state index contributed by atoms with van der Waals surface area (Å²) in [5, 5.41) is 0. The van der Waals surface area contributed by atoms with Crippen molar-refractivity contribution < 1.29 is 4.79 Å². The monoisotopic (exact) mass is 608 g/mol. The summed E-state index contributed by atoms with van der Waals surface area (Å²) in [7, 11) is 0. The first-order valence-corrected chi connectivity index (χ1v) is 15.9. The zero-order chi connectivity index (χ0) is 34.2. The number of carbonyl (C=O) groups is 1. The van der Waals surface area contributed by atoms with Gasteiger partial charge in [-0.2, -0.15) is 0 Å². The molecular weight excluding hydrogens is 556 g/mol. The number of aryl methyl sites for hydroxylation is 1. The fourth-order valence-corrected chi connectivity index (χ4v) is 4.20. The lowest BCUT2D eigenvalue weighted by Gasteiger charge is -2.07. The third-order valence-electron chi connectivity index (χ3n) is 8.05. The zero-order valence-electron chi connectivity index (χ0n) is 29.5. The number of benzene rings is 3. The molecule has 3 rings (SSSR count). The lowest BCUT2D eigenvalue weighted by molar-refractivity contribution is -0.113. The highest BCUT2D eigenvalue weighted by Gasteiger charge is 2.02. The van der Waals surface area contributed by atoms with E-state index < -0.39 is 0 Å². The second-order valence-electron chi connectivity index (χ2n) is 12.1. The minimum absolute atomic E-state index is 0.106. The van der Waals surface area contributed by atoms with E-state index in [9.17, 15) is 4.79 Å². The predicted octanol–water partition coefficient (Wildman–Crippen LogP) is 12.7. The first-order chi connectivity index (χ1) is 21.8. The molecule has 0 atom stereocenters. The number of hydrogen-bond acceptors (Lipinski definition) is 1. The van der Waals surface area contributed by atoms with Crippen molar-refractivity contribution in [1.82, 2.24) is 0 Å². The van der Waals surface area contributed by atoms with E-state index in [1.54, 1.807) is 6.92 Å². The van der Waals surface area contributed by atoms with E-state index >= 15 is 0 Å². The van der Waals surface area contributed by atoms with Gasteiger partial charge in [-0.3, -0.25) is 4.79 Å². The van der Waals surface area contributed by atoms with Crippen molar-refractivity contribution in [2.24, 2.45) is 0 Å². The van der Waals surface area contributed by atoms with Gasteiger partial charge in [0.1, 0.15) is 0 Å². The van der Waals surface area contributed by atoms with Crippen LogP contribution in [0.1, 0.15) is 88.8 Å². The molecule has 3 aromatic rings. The maximum absolute atomic E-state index is 11.3. The van der Waals surface area contributed by atoms with Gasteiger partial charge in [0.2, 0.25) is 0 Å². The second kappa shape index (κ2) is 18.9. The van der Waals surface area contributed by atoms with E-state index in [2.05, 4.69) is 145 Å². The van der Waals surface area contributed by atoms with Crippen molar-refractivity contribution in [2.75, 3.05) is 0 Å². The summed E-state index contributed by atoms with van der Waals surface area (Å²) >= 11 is 0. The average Bonchev–Trinajstić information content (AvgIpc) is 3.05. The van der Waals surface area contributed by atoms with Gasteiger partial charge in [0, 0.05) is 0 Å². The summed E-state index contributed by atoms with van der Waals surface area (Å²) in [4.78, 5) is 11.3. The van der Waals surface area contributed by atoms with Gasteiger partial charge in [0.25, 0.3) is 0 Å². The number of rotatable bonds is 11. The van der Waals surface area contributed by atoms with E-state index in [0.717, 1.165) is 23.1 Å². The van der Waals surface area contributed by atoms with Gasteiger partial charge in [-0.15, -0.1) is 0 Å². The Hall–Kier alpha value is -4.75. The minimum Gasteiger partial charge on any atom is -0.295 e. The van der Waals surface area contributed by atoms with E-state index in [1.807, 2.05) is 39.0 Å². The Kier molecular flexibility index (Phi) is 15.4. The minimum atomic E-state index is 0.106. The molecule has 0 saturated heterocycles. The van der Waals surface area contributed by atoms with Gasteiger partial charge < -0.3 is 0 Å². The van der Waals surface area contributed by atoms with E-state index in [0.29, 0.717) is 0 Å². The van der Waals surface area contributed by atoms with Crippen LogP contribution < -0.4 is 0 Å². The third kappa shape index (κ3) is 13.1. The molecule has 3 aromatic carbocycles. The molecule has 0 radical (unpaired) electrons. The molecule has 0 fully saturated rings. The first-order valence-electron chi connectivity index (χ1n) is 15.9. The lowest BCUT2D eigenvalue weighted by Crippen LogP contribution is -1.91. The maximum atomic E-state index is 11.3. The van der Waals surface area contributed by atoms with Crippen molar-refractivity contribution in [3.63, 3.8) is 0 Å². The van der Waals surface area contributed by atoms with Crippen LogP contribution in [0.15, 0.2) is 151 Å². The molecular formula is C45H52O. The standard InChI is InChI=1S/C30H34O.C15H18/c1-21(2)22(3)8-10-24(5)29-16-12-27(13-17-29)20-28-14-18-30(19-15-28)25(6)11-9-23(4)26(7)31;1-5-12(2)6-9-14(4)15-10-7-13(3)8-11-15/h8-19H,1,20H2,2-7H3;5-11H,1H2,2-4H3/b22-8+,23-9+,24-10+,25-11+;12-6+,14-9+. The summed E-state index contributed by atoms with van der Waals surface area (Å²) in [6.45, 7) is 25.7. The smallest absolute Gasteiger partial charge is 0.155 e. The number of carbonyl (C=O) groups excluding carboxylic acids is 1. The van der Waals surface area contributed by atoms with Crippen LogP contribution in [-0.4, -0.2) is 5.78 Å². The molecule has 0 aliphatic heterocycles. The SMILES string of the molecule is C=C(C)/C(C)=C/C=C(\C)c1ccc(Cc2ccc(/C(C)=C/C=C(\C)C(C)=O)cc2)cc1.C=C/C(C)=C/C=C(\C)c1ccc(C)cc1. The van der Waals surface area contributed by atoms with Crippen molar-refractivity contribution in [3.8, 4) is 0 Å². The molecule has 1 nitrogen and oxygen atoms in total. The van der Waals surface area contributed by atoms with Gasteiger partial charge in [-0.1, -0.05) is 145 Å². The van der Waals surface area contributed by atoms with Crippen LogP contribution in [0, 0.1) is 6.92 Å². The quantitative estimate of drug-likeness (QED) is 0.156. The summed E-state index contributed by atoms with van der Waals surface area (Å²) in [6, 6.07) is 26.0. The van der Waals surface area contributed by atoms with Gasteiger partial charge in [0.05, 0.1) is 0 Å². The third-order valence-corrected chi connectivity index (χ3v) is 8.05. The van der Waals surface area contributed by atoms with Crippen LogP contribution in [0.3, 0.4) is 0 Å². The molecule has 0 aromatic heterocycles. The number of ketones is 1. The summed E-state index contributed by atoms with van der Waals surface area (Å²) in [6.07, 6.45) is 15.2. The Labute approximate surface area is 279 Å². The van der Waals surface area contributed by atoms with E-state index in [4.69, 9.17) is 0 Å². The highest BCUT2D eigenvalue weighted by atomic mass is 16.1. The molecule has 0 heterocycles. The molecule has 238 valence electrons. The van der Waals surface area contributed by atoms with Crippen LogP contribution in [-0.2, 0) is 11.2 Å². The van der Waals surface area contributed by atoms with Crippen LogP contribution in [0.25, 0.3) is 16.7 Å². The molecule has 0 bridgehead atoms. The van der Waals surface area contributed by atoms with E-state index in [-0.39, 0.29) is 5.78 Å². The number of allylic oxidation sites excluding steroid dienone is 14. The van der Waals surface area contributed by atoms with Gasteiger partial charge >= 0.3 is 0 Å². The lowest BCUT2D eigenvalue weighted by atomic mass is 9.98. The molecule has 0 unspecified atom stereocenters. The molecule has 0 N–H and O–H groups in total. The fourth-order valence-electron chi connectivity index (χ4n) is 4.20. The van der Waals surface area contributed by atoms with Crippen molar-refractivity contribution >= 4 is 22.5 Å². The molecule has 0 aliphatic rings. The normalized spacial score (nSPS) is 13.2. The molecule has 0 spiro atoms. The Morgan fingerprint density at radius 2 is 0.913 bits per heavy atom. The molecule has 1 heteroatoms. The van der Waals surface area contributed by atoms with Crippen molar-refractivity contribution in [3.05, 3.63) is 184 Å². The van der Waals surface area contributed by atoms with Gasteiger partial charge in [0.15, 0.2) is 5.78 Å². The Balaban J connectivity index is 0.000000410. The zero-order valence-corrected chi connectivity index (χ0v) is 29.5. The topological polar surface area (TPSA) is 17.1 Å². The van der Waals surface area contributed by atoms with Crippen LogP contribution in [0.2, 0.25) is 0 Å². The second-order valence-corrected chi connectivity index (χ2v) is 12.1. The first kappa shape index (κ1) is 37.4. The Bertz CT molecular complexity index is 1590. The van der Waals surface area contributed by atoms with Crippen LogP contribution in [0.5, 0.6) is 0 Å². The van der Waals surface area contributed by atoms with Crippen molar-refractivity contribution in [2.45, 2.75) is 68.7 Å². The summed E-state index contributed by atoms with van der Waals surface area (Å²) < 4.78 is 0. The average molecular weight is 609 g/mol. The Morgan fingerprint density at radius 3 is 1.28 bits per heavy atom. The molecule has 0 amide bonds. The molecule has 46 heavy (non-hydrogen) atoms. The van der Waals surface area contributed by atoms with Gasteiger partial charge in [-0.25, -0.2) is 0 Å². The molecule has 0 saturated carbocycles. The summed E-state index contributed by atoms with van der Waals surface area (Å²) in [5.41, 5.74) is 15.5. The fraction of sp³-hybridized carbons (Fsp3) is 0.222. The highest BCUT2D eigenvalue weighted by molar-refractivity contribution is 5.93. The van der Waals surface area contributed by atoms with Crippen LogP contribution >= 0.6 is 0 Å². The van der Waals surface area contributed by atoms with Crippen LogP contribution in [0.4, 0.5) is 0 Å². The Morgan fingerprint density at radius 1 is 0.543 bits per heavy atom. The number of hydrogen-bond donors (Lipinski definition) is 0. The predicted molar refractivity (Wildman–Crippen MR) is 205 cm³/mol. The molecule has 0 aliphatic carbocycles. The largest absolute Gasteiger partial charge is 0.295 e. The highest BCUT2D eigenvalue weighted by Crippen LogP contribution is 2.20. The maximum Gasteiger partial charge on any atom is 0.155 e.